The first kappa shape index (κ1) is 9.98. The van der Waals surface area contributed by atoms with Gasteiger partial charge >= 0.3 is 0 Å². The van der Waals surface area contributed by atoms with E-state index >= 15 is 0 Å². The summed E-state index contributed by atoms with van der Waals surface area (Å²) < 4.78 is 1.74. The molecule has 15 heavy (non-hydrogen) atoms. The molecule has 0 radical (unpaired) electrons. The summed E-state index contributed by atoms with van der Waals surface area (Å²) in [6.07, 6.45) is 5.30. The van der Waals surface area contributed by atoms with Gasteiger partial charge in [0, 0.05) is 48.8 Å². The second-order valence-electron chi connectivity index (χ2n) is 3.20. The average Bonchev–Trinajstić information content (AvgIpc) is 2.63. The van der Waals surface area contributed by atoms with E-state index < -0.39 is 0 Å². The SMILES string of the molecule is Cn1ccc(NCc2cnccc2Cl)n1. The number of hydrogen-bond acceptors (Lipinski definition) is 3. The van der Waals surface area contributed by atoms with Crippen LogP contribution in [0.15, 0.2) is 30.7 Å². The Morgan fingerprint density at radius 2 is 2.33 bits per heavy atom. The lowest BCUT2D eigenvalue weighted by Crippen LogP contribution is -2.01. The Kier molecular flexibility index (Phi) is 2.87. The first-order valence-electron chi connectivity index (χ1n) is 4.57. The van der Waals surface area contributed by atoms with Crippen LogP contribution < -0.4 is 5.32 Å². The van der Waals surface area contributed by atoms with Gasteiger partial charge in [0.25, 0.3) is 0 Å². The molecule has 0 aliphatic rings. The highest BCUT2D eigenvalue weighted by Gasteiger charge is 2.00. The zero-order valence-corrected chi connectivity index (χ0v) is 9.07. The molecule has 5 heteroatoms. The molecule has 0 atom stereocenters. The number of pyridine rings is 1. The minimum absolute atomic E-state index is 0.629. The molecule has 2 heterocycles. The molecule has 0 bridgehead atoms. The van der Waals surface area contributed by atoms with Gasteiger partial charge in [-0.2, -0.15) is 5.10 Å². The van der Waals surface area contributed by atoms with E-state index in [0.29, 0.717) is 11.6 Å². The molecule has 2 rings (SSSR count). The molecule has 0 fully saturated rings. The van der Waals surface area contributed by atoms with Gasteiger partial charge in [-0.05, 0) is 6.07 Å². The second-order valence-corrected chi connectivity index (χ2v) is 3.60. The predicted octanol–water partition coefficient (Wildman–Crippen LogP) is 2.08. The van der Waals surface area contributed by atoms with Crippen LogP contribution in [0.3, 0.4) is 0 Å². The van der Waals surface area contributed by atoms with E-state index in [1.54, 1.807) is 23.1 Å². The van der Waals surface area contributed by atoms with Crippen molar-refractivity contribution in [2.45, 2.75) is 6.54 Å². The van der Waals surface area contributed by atoms with Crippen LogP contribution in [-0.2, 0) is 13.6 Å². The van der Waals surface area contributed by atoms with Gasteiger partial charge < -0.3 is 5.32 Å². The number of hydrogen-bond donors (Lipinski definition) is 1. The van der Waals surface area contributed by atoms with Crippen LogP contribution in [0.25, 0.3) is 0 Å². The Labute approximate surface area is 92.9 Å². The van der Waals surface area contributed by atoms with Crippen molar-refractivity contribution >= 4 is 17.4 Å². The summed E-state index contributed by atoms with van der Waals surface area (Å²) in [5, 5.41) is 8.08. The van der Waals surface area contributed by atoms with Crippen LogP contribution in [0, 0.1) is 0 Å². The molecule has 0 aliphatic heterocycles. The molecule has 0 unspecified atom stereocenters. The van der Waals surface area contributed by atoms with Crippen molar-refractivity contribution in [3.63, 3.8) is 0 Å². The monoisotopic (exact) mass is 222 g/mol. The van der Waals surface area contributed by atoms with Crippen molar-refractivity contribution in [3.05, 3.63) is 41.3 Å². The molecule has 1 N–H and O–H groups in total. The number of halogens is 1. The third-order valence-corrected chi connectivity index (χ3v) is 2.39. The van der Waals surface area contributed by atoms with Crippen molar-refractivity contribution in [2.24, 2.45) is 7.05 Å². The van der Waals surface area contributed by atoms with Gasteiger partial charge in [-0.3, -0.25) is 9.67 Å². The van der Waals surface area contributed by atoms with Crippen molar-refractivity contribution < 1.29 is 0 Å². The topological polar surface area (TPSA) is 42.7 Å². The van der Waals surface area contributed by atoms with Crippen LogP contribution in [0.5, 0.6) is 0 Å². The molecule has 78 valence electrons. The Morgan fingerprint density at radius 1 is 1.47 bits per heavy atom. The van der Waals surface area contributed by atoms with E-state index in [-0.39, 0.29) is 0 Å². The second kappa shape index (κ2) is 4.31. The number of anilines is 1. The quantitative estimate of drug-likeness (QED) is 0.865. The number of aromatic nitrogens is 3. The zero-order valence-electron chi connectivity index (χ0n) is 8.31. The minimum atomic E-state index is 0.629. The first-order chi connectivity index (χ1) is 7.25. The summed E-state index contributed by atoms with van der Waals surface area (Å²) >= 11 is 5.99. The highest BCUT2D eigenvalue weighted by Crippen LogP contribution is 2.14. The maximum absolute atomic E-state index is 5.99. The van der Waals surface area contributed by atoms with Gasteiger partial charge in [-0.1, -0.05) is 11.6 Å². The van der Waals surface area contributed by atoms with Crippen molar-refractivity contribution in [1.29, 1.82) is 0 Å². The molecule has 2 aromatic heterocycles. The minimum Gasteiger partial charge on any atom is -0.364 e. The van der Waals surface area contributed by atoms with Crippen LogP contribution in [-0.4, -0.2) is 14.8 Å². The molecule has 0 saturated heterocycles. The van der Waals surface area contributed by atoms with E-state index in [9.17, 15) is 0 Å². The largest absolute Gasteiger partial charge is 0.364 e. The normalized spacial score (nSPS) is 10.3. The lowest BCUT2D eigenvalue weighted by molar-refractivity contribution is 0.768. The van der Waals surface area contributed by atoms with Gasteiger partial charge in [0.2, 0.25) is 0 Å². The highest BCUT2D eigenvalue weighted by molar-refractivity contribution is 6.31. The standard InChI is InChI=1S/C10H11ClN4/c1-15-5-3-10(14-15)13-7-8-6-12-4-2-9(8)11/h2-6H,7H2,1H3,(H,13,14). The number of nitrogens with one attached hydrogen (secondary N) is 1. The Morgan fingerprint density at radius 3 is 3.00 bits per heavy atom. The number of nitrogens with zero attached hydrogens (tertiary/aromatic N) is 3. The average molecular weight is 223 g/mol. The summed E-state index contributed by atoms with van der Waals surface area (Å²) in [5.41, 5.74) is 0.963. The maximum Gasteiger partial charge on any atom is 0.148 e. The van der Waals surface area contributed by atoms with E-state index in [2.05, 4.69) is 15.4 Å². The molecule has 4 nitrogen and oxygen atoms in total. The Balaban J connectivity index is 2.02. The zero-order chi connectivity index (χ0) is 10.7. The van der Waals surface area contributed by atoms with Gasteiger partial charge in [0.1, 0.15) is 5.82 Å². The third kappa shape index (κ3) is 2.47. The molecule has 0 spiro atoms. The lowest BCUT2D eigenvalue weighted by atomic mass is 10.3. The summed E-state index contributed by atoms with van der Waals surface area (Å²) in [6, 6.07) is 3.68. The fourth-order valence-electron chi connectivity index (χ4n) is 1.24. The van der Waals surface area contributed by atoms with E-state index in [4.69, 9.17) is 11.6 Å². The molecular weight excluding hydrogens is 212 g/mol. The smallest absolute Gasteiger partial charge is 0.148 e. The fourth-order valence-corrected chi connectivity index (χ4v) is 1.41. The first-order valence-corrected chi connectivity index (χ1v) is 4.95. The Bertz CT molecular complexity index is 452. The Hall–Kier alpha value is -1.55. The maximum atomic E-state index is 5.99. The number of rotatable bonds is 3. The van der Waals surface area contributed by atoms with Crippen LogP contribution in [0.1, 0.15) is 5.56 Å². The molecule has 2 aromatic rings. The molecule has 0 amide bonds. The predicted molar refractivity (Wildman–Crippen MR) is 59.8 cm³/mol. The summed E-state index contributed by atoms with van der Waals surface area (Å²) in [4.78, 5) is 4.01. The van der Waals surface area contributed by atoms with Crippen LogP contribution in [0.2, 0.25) is 5.02 Å². The summed E-state index contributed by atoms with van der Waals surface area (Å²) in [6.45, 7) is 0.629. The molecule has 0 aliphatic carbocycles. The third-order valence-electron chi connectivity index (χ3n) is 2.02. The highest BCUT2D eigenvalue weighted by atomic mass is 35.5. The fraction of sp³-hybridized carbons (Fsp3) is 0.200. The van der Waals surface area contributed by atoms with Gasteiger partial charge in [0.05, 0.1) is 0 Å². The summed E-state index contributed by atoms with van der Waals surface area (Å²) in [5.74, 6) is 0.831. The van der Waals surface area contributed by atoms with E-state index in [1.165, 1.54) is 0 Å². The summed E-state index contributed by atoms with van der Waals surface area (Å²) in [7, 11) is 1.88. The molecule has 0 aromatic carbocycles. The van der Waals surface area contributed by atoms with Gasteiger partial charge in [-0.15, -0.1) is 0 Å². The van der Waals surface area contributed by atoms with Gasteiger partial charge in [0.15, 0.2) is 0 Å². The van der Waals surface area contributed by atoms with Crippen LogP contribution in [0.4, 0.5) is 5.82 Å². The van der Waals surface area contributed by atoms with Crippen LogP contribution >= 0.6 is 11.6 Å². The molecular formula is C10H11ClN4. The van der Waals surface area contributed by atoms with E-state index in [0.717, 1.165) is 11.4 Å². The van der Waals surface area contributed by atoms with Crippen molar-refractivity contribution in [3.8, 4) is 0 Å². The van der Waals surface area contributed by atoms with Gasteiger partial charge in [-0.25, -0.2) is 0 Å². The number of aryl methyl sites for hydroxylation is 1. The van der Waals surface area contributed by atoms with E-state index in [1.807, 2.05) is 19.3 Å². The molecule has 0 saturated carbocycles. The van der Waals surface area contributed by atoms with Crippen molar-refractivity contribution in [1.82, 2.24) is 14.8 Å². The lowest BCUT2D eigenvalue weighted by Gasteiger charge is -2.04. The van der Waals surface area contributed by atoms with Crippen molar-refractivity contribution in [2.75, 3.05) is 5.32 Å².